The van der Waals surface area contributed by atoms with Crippen molar-refractivity contribution in [3.05, 3.63) is 35.5 Å². The molecule has 2 rings (SSSR count). The summed E-state index contributed by atoms with van der Waals surface area (Å²) < 4.78 is 9.63. The van der Waals surface area contributed by atoms with Crippen LogP contribution in [-0.2, 0) is 11.2 Å². The average Bonchev–Trinajstić information content (AvgIpc) is 2.85. The van der Waals surface area contributed by atoms with Gasteiger partial charge in [-0.2, -0.15) is 4.98 Å². The number of esters is 1. The number of aryl methyl sites for hydroxylation is 1. The first-order chi connectivity index (χ1) is 9.60. The average molecular weight is 276 g/mol. The molecule has 0 aliphatic heterocycles. The Balaban J connectivity index is 1.94. The summed E-state index contributed by atoms with van der Waals surface area (Å²) in [5, 5.41) is 6.86. The fourth-order valence-corrected chi connectivity index (χ4v) is 1.71. The molecule has 0 aliphatic rings. The highest BCUT2D eigenvalue weighted by molar-refractivity contribution is 5.91. The van der Waals surface area contributed by atoms with Gasteiger partial charge >= 0.3 is 5.97 Å². The lowest BCUT2D eigenvalue weighted by molar-refractivity contribution is 0.0601. The summed E-state index contributed by atoms with van der Waals surface area (Å²) in [5.41, 5.74) is 7.52. The van der Waals surface area contributed by atoms with Crippen LogP contribution in [0.5, 0.6) is 0 Å². The van der Waals surface area contributed by atoms with Gasteiger partial charge < -0.3 is 20.3 Å². The van der Waals surface area contributed by atoms with Crippen LogP contribution in [-0.4, -0.2) is 29.8 Å². The van der Waals surface area contributed by atoms with E-state index < -0.39 is 5.97 Å². The predicted molar refractivity (Wildman–Crippen MR) is 73.4 cm³/mol. The van der Waals surface area contributed by atoms with Gasteiger partial charge in [0.1, 0.15) is 0 Å². The number of rotatable bonds is 5. The molecule has 0 bridgehead atoms. The number of carbonyl (C=O) groups excluding carboxylic acids is 1. The molecule has 1 heterocycles. The Morgan fingerprint density at radius 1 is 1.50 bits per heavy atom. The highest BCUT2D eigenvalue weighted by Crippen LogP contribution is 2.20. The monoisotopic (exact) mass is 276 g/mol. The number of anilines is 2. The van der Waals surface area contributed by atoms with E-state index >= 15 is 0 Å². The molecular weight excluding hydrogens is 260 g/mol. The van der Waals surface area contributed by atoms with Crippen molar-refractivity contribution in [2.75, 3.05) is 24.7 Å². The molecule has 7 heteroatoms. The number of nitrogens with two attached hydrogens (primary N) is 1. The number of benzene rings is 1. The van der Waals surface area contributed by atoms with E-state index in [0.29, 0.717) is 35.9 Å². The third kappa shape index (κ3) is 3.25. The molecule has 0 unspecified atom stereocenters. The second kappa shape index (κ2) is 6.05. The van der Waals surface area contributed by atoms with Crippen LogP contribution < -0.4 is 11.1 Å². The van der Waals surface area contributed by atoms with Crippen LogP contribution >= 0.6 is 0 Å². The zero-order valence-corrected chi connectivity index (χ0v) is 11.3. The quantitative estimate of drug-likeness (QED) is 0.628. The molecule has 1 aromatic carbocycles. The largest absolute Gasteiger partial charge is 0.465 e. The molecule has 0 spiro atoms. The minimum Gasteiger partial charge on any atom is -0.465 e. The summed E-state index contributed by atoms with van der Waals surface area (Å²) in [6.45, 7) is 2.37. The Hall–Kier alpha value is -2.57. The van der Waals surface area contributed by atoms with E-state index in [-0.39, 0.29) is 0 Å². The summed E-state index contributed by atoms with van der Waals surface area (Å²) in [6, 6.07) is 4.97. The molecule has 106 valence electrons. The molecule has 0 saturated heterocycles. The molecule has 3 N–H and O–H groups in total. The third-order valence-electron chi connectivity index (χ3n) is 2.70. The predicted octanol–water partition coefficient (Wildman–Crippen LogP) is 1.40. The van der Waals surface area contributed by atoms with Gasteiger partial charge in [-0.3, -0.25) is 0 Å². The van der Waals surface area contributed by atoms with Gasteiger partial charge in [0.05, 0.1) is 24.0 Å². The van der Waals surface area contributed by atoms with Crippen LogP contribution in [0, 0.1) is 6.92 Å². The van der Waals surface area contributed by atoms with Gasteiger partial charge in [-0.25, -0.2) is 4.79 Å². The van der Waals surface area contributed by atoms with E-state index in [0.717, 1.165) is 5.69 Å². The first-order valence-corrected chi connectivity index (χ1v) is 6.11. The number of aromatic nitrogens is 2. The number of hydrogen-bond donors (Lipinski definition) is 2. The Morgan fingerprint density at radius 3 is 2.90 bits per heavy atom. The lowest BCUT2D eigenvalue weighted by Crippen LogP contribution is -2.08. The zero-order valence-electron chi connectivity index (χ0n) is 11.3. The number of methoxy groups -OCH3 is 1. The van der Waals surface area contributed by atoms with Crippen molar-refractivity contribution in [3.8, 4) is 0 Å². The topological polar surface area (TPSA) is 103 Å². The second-order valence-electron chi connectivity index (χ2n) is 4.21. The number of hydrogen-bond acceptors (Lipinski definition) is 7. The van der Waals surface area contributed by atoms with E-state index in [1.807, 2.05) is 0 Å². The minimum atomic E-state index is -0.412. The highest BCUT2D eigenvalue weighted by atomic mass is 16.5. The van der Waals surface area contributed by atoms with Gasteiger partial charge in [-0.15, -0.1) is 0 Å². The molecular formula is C13H16N4O3. The van der Waals surface area contributed by atoms with Crippen molar-refractivity contribution in [2.24, 2.45) is 0 Å². The van der Waals surface area contributed by atoms with Gasteiger partial charge in [-0.1, -0.05) is 5.16 Å². The number of ether oxygens (including phenoxy) is 1. The molecule has 0 saturated carbocycles. The molecule has 0 atom stereocenters. The van der Waals surface area contributed by atoms with Gasteiger partial charge in [-0.05, 0) is 25.1 Å². The molecule has 2 aromatic rings. The Bertz CT molecular complexity index is 609. The highest BCUT2D eigenvalue weighted by Gasteiger charge is 2.08. The summed E-state index contributed by atoms with van der Waals surface area (Å²) in [7, 11) is 1.33. The van der Waals surface area contributed by atoms with Gasteiger partial charge in [0.25, 0.3) is 0 Å². The van der Waals surface area contributed by atoms with Crippen LogP contribution in [0.4, 0.5) is 11.4 Å². The van der Waals surface area contributed by atoms with Crippen molar-refractivity contribution in [1.82, 2.24) is 10.1 Å². The van der Waals surface area contributed by atoms with Crippen molar-refractivity contribution in [1.29, 1.82) is 0 Å². The number of carbonyl (C=O) groups is 1. The molecule has 0 radical (unpaired) electrons. The zero-order chi connectivity index (χ0) is 14.5. The van der Waals surface area contributed by atoms with E-state index in [1.54, 1.807) is 25.1 Å². The van der Waals surface area contributed by atoms with Crippen molar-refractivity contribution in [3.63, 3.8) is 0 Å². The number of nitrogens with zero attached hydrogens (tertiary/aromatic N) is 2. The smallest absolute Gasteiger partial charge is 0.337 e. The maximum absolute atomic E-state index is 11.4. The van der Waals surface area contributed by atoms with Crippen LogP contribution in [0.1, 0.15) is 22.1 Å². The van der Waals surface area contributed by atoms with E-state index in [9.17, 15) is 4.79 Å². The van der Waals surface area contributed by atoms with E-state index in [4.69, 9.17) is 10.3 Å². The van der Waals surface area contributed by atoms with Gasteiger partial charge in [0.15, 0.2) is 5.82 Å². The van der Waals surface area contributed by atoms with E-state index in [1.165, 1.54) is 7.11 Å². The molecule has 0 amide bonds. The number of nitrogens with one attached hydrogen (secondary N) is 1. The van der Waals surface area contributed by atoms with Crippen LogP contribution in [0.3, 0.4) is 0 Å². The normalized spacial score (nSPS) is 10.3. The Kier molecular flexibility index (Phi) is 4.19. The number of nitrogen functional groups attached to an aromatic ring is 1. The fraction of sp³-hybridized carbons (Fsp3) is 0.308. The van der Waals surface area contributed by atoms with Gasteiger partial charge in [0.2, 0.25) is 5.89 Å². The molecule has 0 fully saturated rings. The standard InChI is InChI=1S/C13H16N4O3/c1-8-16-12(20-17-8)5-6-15-11-4-3-9(7-10(11)14)13(18)19-2/h3-4,7,15H,5-6,14H2,1-2H3. The minimum absolute atomic E-state index is 0.412. The van der Waals surface area contributed by atoms with Crippen molar-refractivity contribution >= 4 is 17.3 Å². The molecule has 1 aromatic heterocycles. The molecule has 0 aliphatic carbocycles. The third-order valence-corrected chi connectivity index (χ3v) is 2.70. The first-order valence-electron chi connectivity index (χ1n) is 6.11. The Labute approximate surface area is 116 Å². The van der Waals surface area contributed by atoms with Crippen LogP contribution in [0.25, 0.3) is 0 Å². The summed E-state index contributed by atoms with van der Waals surface area (Å²) in [5.74, 6) is 0.770. The van der Waals surface area contributed by atoms with Crippen molar-refractivity contribution in [2.45, 2.75) is 13.3 Å². The summed E-state index contributed by atoms with van der Waals surface area (Å²) >= 11 is 0. The lowest BCUT2D eigenvalue weighted by Gasteiger charge is -2.09. The Morgan fingerprint density at radius 2 is 2.30 bits per heavy atom. The maximum atomic E-state index is 11.4. The summed E-state index contributed by atoms with van der Waals surface area (Å²) in [4.78, 5) is 15.5. The van der Waals surface area contributed by atoms with Crippen LogP contribution in [0.15, 0.2) is 22.7 Å². The maximum Gasteiger partial charge on any atom is 0.337 e. The molecule has 7 nitrogen and oxygen atoms in total. The fourth-order valence-electron chi connectivity index (χ4n) is 1.71. The second-order valence-corrected chi connectivity index (χ2v) is 4.21. The molecule has 20 heavy (non-hydrogen) atoms. The first kappa shape index (κ1) is 13.9. The van der Waals surface area contributed by atoms with Gasteiger partial charge in [0, 0.05) is 13.0 Å². The SMILES string of the molecule is COC(=O)c1ccc(NCCc2nc(C)no2)c(N)c1. The summed E-state index contributed by atoms with van der Waals surface area (Å²) in [6.07, 6.45) is 0.596. The van der Waals surface area contributed by atoms with Crippen molar-refractivity contribution < 1.29 is 14.1 Å². The van der Waals surface area contributed by atoms with Crippen LogP contribution in [0.2, 0.25) is 0 Å². The lowest BCUT2D eigenvalue weighted by atomic mass is 10.1. The van der Waals surface area contributed by atoms with E-state index in [2.05, 4.69) is 20.2 Å².